The molecule has 0 saturated heterocycles. The summed E-state index contributed by atoms with van der Waals surface area (Å²) in [5, 5.41) is 17.4. The molecule has 2 rings (SSSR count). The normalized spacial score (nSPS) is 11.8. The van der Waals surface area contributed by atoms with E-state index in [4.69, 9.17) is 4.74 Å². The third-order valence-corrected chi connectivity index (χ3v) is 3.34. The van der Waals surface area contributed by atoms with Crippen LogP contribution in [-0.4, -0.2) is 34.6 Å². The molecule has 8 nitrogen and oxygen atoms in total. The van der Waals surface area contributed by atoms with E-state index in [1.165, 1.54) is 0 Å². The lowest BCUT2D eigenvalue weighted by Gasteiger charge is -2.14. The third-order valence-electron chi connectivity index (χ3n) is 3.34. The quantitative estimate of drug-likeness (QED) is 0.566. The SMILES string of the molecule is COCC(C)Nc1nc(C)c([N+](=O)[O-])c(NCc2ccccc2)n1. The van der Waals surface area contributed by atoms with Gasteiger partial charge in [0.1, 0.15) is 5.69 Å². The van der Waals surface area contributed by atoms with Crippen LogP contribution in [0.3, 0.4) is 0 Å². The zero-order valence-electron chi connectivity index (χ0n) is 13.9. The first-order valence-electron chi connectivity index (χ1n) is 7.57. The van der Waals surface area contributed by atoms with Gasteiger partial charge in [0.05, 0.1) is 11.5 Å². The van der Waals surface area contributed by atoms with E-state index < -0.39 is 4.92 Å². The zero-order valence-corrected chi connectivity index (χ0v) is 13.9. The van der Waals surface area contributed by atoms with Crippen LogP contribution in [0.25, 0.3) is 0 Å². The predicted octanol–water partition coefficient (Wildman–Crippen LogP) is 2.75. The molecule has 0 radical (unpaired) electrons. The van der Waals surface area contributed by atoms with E-state index in [9.17, 15) is 10.1 Å². The van der Waals surface area contributed by atoms with E-state index in [0.29, 0.717) is 24.8 Å². The molecule has 128 valence electrons. The topological polar surface area (TPSA) is 102 Å². The highest BCUT2D eigenvalue weighted by Gasteiger charge is 2.22. The number of nitrogens with one attached hydrogen (secondary N) is 2. The fraction of sp³-hybridized carbons (Fsp3) is 0.375. The second kappa shape index (κ2) is 8.21. The van der Waals surface area contributed by atoms with Crippen molar-refractivity contribution < 1.29 is 9.66 Å². The van der Waals surface area contributed by atoms with Gasteiger partial charge >= 0.3 is 5.69 Å². The van der Waals surface area contributed by atoms with Crippen LogP contribution in [0.1, 0.15) is 18.2 Å². The molecule has 0 spiro atoms. The van der Waals surface area contributed by atoms with Crippen LogP contribution in [0.5, 0.6) is 0 Å². The summed E-state index contributed by atoms with van der Waals surface area (Å²) >= 11 is 0. The first-order chi connectivity index (χ1) is 11.5. The lowest BCUT2D eigenvalue weighted by atomic mass is 10.2. The molecule has 8 heteroatoms. The van der Waals surface area contributed by atoms with Gasteiger partial charge < -0.3 is 15.4 Å². The molecule has 0 aliphatic rings. The Kier molecular flexibility index (Phi) is 6.02. The molecule has 2 N–H and O–H groups in total. The Balaban J connectivity index is 2.25. The van der Waals surface area contributed by atoms with Gasteiger partial charge in [-0.1, -0.05) is 30.3 Å². The summed E-state index contributed by atoms with van der Waals surface area (Å²) in [4.78, 5) is 19.3. The Morgan fingerprint density at radius 1 is 1.29 bits per heavy atom. The van der Waals surface area contributed by atoms with Gasteiger partial charge in [-0.2, -0.15) is 4.98 Å². The highest BCUT2D eigenvalue weighted by atomic mass is 16.6. The maximum Gasteiger partial charge on any atom is 0.332 e. The van der Waals surface area contributed by atoms with Crippen molar-refractivity contribution in [2.45, 2.75) is 26.4 Å². The fourth-order valence-electron chi connectivity index (χ4n) is 2.27. The molecule has 1 aromatic heterocycles. The number of anilines is 2. The Labute approximate surface area is 140 Å². The van der Waals surface area contributed by atoms with E-state index in [0.717, 1.165) is 5.56 Å². The Hall–Kier alpha value is -2.74. The summed E-state index contributed by atoms with van der Waals surface area (Å²) in [6.45, 7) is 4.43. The smallest absolute Gasteiger partial charge is 0.332 e. The maximum atomic E-state index is 11.3. The molecule has 0 aliphatic carbocycles. The molecule has 0 amide bonds. The molecule has 0 aliphatic heterocycles. The average Bonchev–Trinajstić information content (AvgIpc) is 2.53. The van der Waals surface area contributed by atoms with E-state index in [-0.39, 0.29) is 17.5 Å². The lowest BCUT2D eigenvalue weighted by molar-refractivity contribution is -0.385. The molecule has 0 fully saturated rings. The largest absolute Gasteiger partial charge is 0.383 e. The number of benzene rings is 1. The van der Waals surface area contributed by atoms with Gasteiger partial charge in [0.2, 0.25) is 11.8 Å². The van der Waals surface area contributed by atoms with Crippen LogP contribution in [-0.2, 0) is 11.3 Å². The first kappa shape index (κ1) is 17.6. The summed E-state index contributed by atoms with van der Waals surface area (Å²) < 4.78 is 5.06. The molecular weight excluding hydrogens is 310 g/mol. The molecular formula is C16H21N5O3. The van der Waals surface area contributed by atoms with Gasteiger partial charge in [-0.25, -0.2) is 4.98 Å². The van der Waals surface area contributed by atoms with E-state index >= 15 is 0 Å². The van der Waals surface area contributed by atoms with Crippen molar-refractivity contribution in [3.05, 3.63) is 51.7 Å². The Morgan fingerprint density at radius 3 is 2.62 bits per heavy atom. The van der Waals surface area contributed by atoms with Gasteiger partial charge in [-0.15, -0.1) is 0 Å². The monoisotopic (exact) mass is 331 g/mol. The van der Waals surface area contributed by atoms with Crippen LogP contribution in [0.2, 0.25) is 0 Å². The number of methoxy groups -OCH3 is 1. The summed E-state index contributed by atoms with van der Waals surface area (Å²) in [7, 11) is 1.60. The van der Waals surface area contributed by atoms with Crippen molar-refractivity contribution in [2.24, 2.45) is 0 Å². The molecule has 2 aromatic rings. The summed E-state index contributed by atoms with van der Waals surface area (Å²) in [6, 6.07) is 9.60. The number of ether oxygens (including phenoxy) is 1. The number of rotatable bonds is 8. The maximum absolute atomic E-state index is 11.3. The standard InChI is InChI=1S/C16H21N5O3/c1-11(10-24-3)18-16-19-12(2)14(21(22)23)15(20-16)17-9-13-7-5-4-6-8-13/h4-8,11H,9-10H2,1-3H3,(H2,17,18,19,20). The van der Waals surface area contributed by atoms with Gasteiger partial charge in [-0.05, 0) is 19.4 Å². The van der Waals surface area contributed by atoms with Crippen LogP contribution in [0.15, 0.2) is 30.3 Å². The second-order valence-corrected chi connectivity index (χ2v) is 5.43. The molecule has 1 atom stereocenters. The fourth-order valence-corrected chi connectivity index (χ4v) is 2.27. The third kappa shape index (κ3) is 4.63. The molecule has 1 heterocycles. The van der Waals surface area contributed by atoms with Crippen molar-refractivity contribution in [3.63, 3.8) is 0 Å². The van der Waals surface area contributed by atoms with E-state index in [1.54, 1.807) is 14.0 Å². The number of nitro groups is 1. The molecule has 1 unspecified atom stereocenters. The molecule has 0 saturated carbocycles. The summed E-state index contributed by atoms with van der Waals surface area (Å²) in [5.74, 6) is 0.529. The Bertz CT molecular complexity index is 694. The number of hydrogen-bond donors (Lipinski definition) is 2. The van der Waals surface area contributed by atoms with E-state index in [1.807, 2.05) is 37.3 Å². The number of nitrogens with zero attached hydrogens (tertiary/aromatic N) is 3. The average molecular weight is 331 g/mol. The predicted molar refractivity (Wildman–Crippen MR) is 92.2 cm³/mol. The second-order valence-electron chi connectivity index (χ2n) is 5.43. The minimum absolute atomic E-state index is 0.0159. The minimum atomic E-state index is -0.467. The summed E-state index contributed by atoms with van der Waals surface area (Å²) in [6.07, 6.45) is 0. The zero-order chi connectivity index (χ0) is 17.5. The van der Waals surface area contributed by atoms with Gasteiger partial charge in [0.15, 0.2) is 0 Å². The van der Waals surface area contributed by atoms with Crippen LogP contribution in [0, 0.1) is 17.0 Å². The van der Waals surface area contributed by atoms with Crippen LogP contribution in [0.4, 0.5) is 17.5 Å². The highest BCUT2D eigenvalue weighted by Crippen LogP contribution is 2.27. The van der Waals surface area contributed by atoms with E-state index in [2.05, 4.69) is 20.6 Å². The number of aryl methyl sites for hydroxylation is 1. The van der Waals surface area contributed by atoms with Crippen molar-refractivity contribution in [3.8, 4) is 0 Å². The van der Waals surface area contributed by atoms with Crippen LogP contribution < -0.4 is 10.6 Å². The number of hydrogen-bond acceptors (Lipinski definition) is 7. The van der Waals surface area contributed by atoms with Gasteiger partial charge in [-0.3, -0.25) is 10.1 Å². The van der Waals surface area contributed by atoms with Crippen molar-refractivity contribution in [2.75, 3.05) is 24.4 Å². The van der Waals surface area contributed by atoms with Crippen molar-refractivity contribution in [1.29, 1.82) is 0 Å². The number of aromatic nitrogens is 2. The summed E-state index contributed by atoms with van der Waals surface area (Å²) in [5.41, 5.74) is 1.19. The van der Waals surface area contributed by atoms with Crippen molar-refractivity contribution >= 4 is 17.5 Å². The Morgan fingerprint density at radius 2 is 2.00 bits per heavy atom. The first-order valence-corrected chi connectivity index (χ1v) is 7.57. The lowest BCUT2D eigenvalue weighted by Crippen LogP contribution is -2.23. The van der Waals surface area contributed by atoms with Gasteiger partial charge in [0, 0.05) is 19.7 Å². The van der Waals surface area contributed by atoms with Crippen LogP contribution >= 0.6 is 0 Å². The molecule has 1 aromatic carbocycles. The minimum Gasteiger partial charge on any atom is -0.383 e. The van der Waals surface area contributed by atoms with Gasteiger partial charge in [0.25, 0.3) is 0 Å². The highest BCUT2D eigenvalue weighted by molar-refractivity contribution is 5.61. The molecule has 0 bridgehead atoms. The molecule has 24 heavy (non-hydrogen) atoms. The van der Waals surface area contributed by atoms with Crippen molar-refractivity contribution in [1.82, 2.24) is 9.97 Å².